The lowest BCUT2D eigenvalue weighted by molar-refractivity contribution is -0.154. The number of carbonyl (C=O) groups excluding carboxylic acids is 2. The number of aliphatic carboxylic acids is 2. The van der Waals surface area contributed by atoms with Crippen LogP contribution in [0.1, 0.15) is 18.9 Å². The maximum absolute atomic E-state index is 14.6. The minimum Gasteiger partial charge on any atom is -0.497 e. The number of Topliss-reactive ketones (excluding diaryl/α,β-unsaturated/α-hetero) is 1. The number of rotatable bonds is 9. The number of hydrogen-bond donors (Lipinski definition) is 2. The summed E-state index contributed by atoms with van der Waals surface area (Å²) in [6, 6.07) is 11.2. The van der Waals surface area contributed by atoms with Crippen LogP contribution in [-0.4, -0.2) is 72.8 Å². The summed E-state index contributed by atoms with van der Waals surface area (Å²) in [5.74, 6) is -4.18. The average Bonchev–Trinajstić information content (AvgIpc) is 2.94. The fraction of sp³-hybridized carbons (Fsp3) is 0.308. The molecule has 2 atom stereocenters. The van der Waals surface area contributed by atoms with Gasteiger partial charge in [0, 0.05) is 22.9 Å². The van der Waals surface area contributed by atoms with E-state index in [-0.39, 0.29) is 18.5 Å². The third kappa shape index (κ3) is 5.95. The van der Waals surface area contributed by atoms with Crippen molar-refractivity contribution in [1.82, 2.24) is 4.90 Å². The number of carboxylic acid groups (broad SMARTS) is 2. The zero-order valence-corrected chi connectivity index (χ0v) is 22.7. The lowest BCUT2D eigenvalue weighted by Gasteiger charge is -2.36. The van der Waals surface area contributed by atoms with Gasteiger partial charge < -0.3 is 24.6 Å². The molecule has 38 heavy (non-hydrogen) atoms. The van der Waals surface area contributed by atoms with Crippen molar-refractivity contribution in [2.24, 2.45) is 0 Å². The van der Waals surface area contributed by atoms with E-state index in [4.69, 9.17) is 21.1 Å². The van der Waals surface area contributed by atoms with Gasteiger partial charge in [-0.05, 0) is 81.0 Å². The number of methoxy groups -OCH3 is 1. The zero-order valence-electron chi connectivity index (χ0n) is 21.1. The molecule has 0 fully saturated rings. The Morgan fingerprint density at radius 2 is 1.82 bits per heavy atom. The molecule has 0 aliphatic carbocycles. The molecule has 0 saturated heterocycles. The van der Waals surface area contributed by atoms with E-state index in [1.807, 2.05) is 0 Å². The number of halogens is 1. The van der Waals surface area contributed by atoms with Crippen LogP contribution < -0.4 is 9.04 Å². The Labute approximate surface area is 228 Å². The molecule has 0 spiro atoms. The Kier molecular flexibility index (Phi) is 9.08. The van der Waals surface area contributed by atoms with Crippen LogP contribution in [0, 0.1) is 0 Å². The molecule has 2 aromatic carbocycles. The Hall–Kier alpha value is -3.54. The lowest BCUT2D eigenvalue weighted by atomic mass is 9.67. The first-order chi connectivity index (χ1) is 17.9. The SMILES string of the molecule is COc1ccc(N2Sc3cc(Cl)ccc3C(CCN(C)C)(/C(=C\C(=O)O)C(=O)O)C(=O)C2OC(C)=O)cc1. The van der Waals surface area contributed by atoms with Gasteiger partial charge in [-0.25, -0.2) is 9.59 Å². The van der Waals surface area contributed by atoms with E-state index < -0.39 is 40.9 Å². The molecule has 1 heterocycles. The Morgan fingerprint density at radius 3 is 2.34 bits per heavy atom. The van der Waals surface area contributed by atoms with Gasteiger partial charge in [0.05, 0.1) is 23.8 Å². The summed E-state index contributed by atoms with van der Waals surface area (Å²) in [5, 5.41) is 20.1. The number of hydrogen-bond acceptors (Lipinski definition) is 9. The number of nitrogens with zero attached hydrogens (tertiary/aromatic N) is 2. The number of anilines is 1. The van der Waals surface area contributed by atoms with Gasteiger partial charge in [-0.2, -0.15) is 0 Å². The molecule has 3 rings (SSSR count). The van der Waals surface area contributed by atoms with Crippen LogP contribution in [0.4, 0.5) is 5.69 Å². The van der Waals surface area contributed by atoms with Crippen LogP contribution in [0.3, 0.4) is 0 Å². The van der Waals surface area contributed by atoms with Gasteiger partial charge in [-0.3, -0.25) is 13.9 Å². The highest BCUT2D eigenvalue weighted by Gasteiger charge is 2.55. The van der Waals surface area contributed by atoms with Gasteiger partial charge in [0.2, 0.25) is 12.0 Å². The molecule has 1 aliphatic rings. The van der Waals surface area contributed by atoms with Crippen LogP contribution in [0.5, 0.6) is 5.75 Å². The van der Waals surface area contributed by atoms with E-state index in [9.17, 15) is 29.4 Å². The van der Waals surface area contributed by atoms with Gasteiger partial charge in [0.1, 0.15) is 5.75 Å². The molecule has 1 aliphatic heterocycles. The first-order valence-electron chi connectivity index (χ1n) is 11.4. The van der Waals surface area contributed by atoms with Crippen LogP contribution in [-0.2, 0) is 29.3 Å². The highest BCUT2D eigenvalue weighted by Crippen LogP contribution is 2.49. The molecule has 0 bridgehead atoms. The summed E-state index contributed by atoms with van der Waals surface area (Å²) in [4.78, 5) is 53.4. The van der Waals surface area contributed by atoms with Crippen molar-refractivity contribution in [2.45, 2.75) is 29.9 Å². The second-order valence-corrected chi connectivity index (χ2v) is 10.2. The fourth-order valence-electron chi connectivity index (χ4n) is 4.26. The molecule has 0 aromatic heterocycles. The predicted octanol–water partition coefficient (Wildman–Crippen LogP) is 3.62. The molecule has 10 nitrogen and oxygen atoms in total. The van der Waals surface area contributed by atoms with Gasteiger partial charge in [0.15, 0.2) is 0 Å². The minimum atomic E-state index is -2.01. The first kappa shape index (κ1) is 29.0. The van der Waals surface area contributed by atoms with Crippen LogP contribution in [0.2, 0.25) is 5.02 Å². The molecule has 12 heteroatoms. The number of benzene rings is 2. The molecular formula is C26H27ClN2O8S. The highest BCUT2D eigenvalue weighted by atomic mass is 35.5. The van der Waals surface area contributed by atoms with Crippen molar-refractivity contribution < 1.29 is 38.9 Å². The maximum Gasteiger partial charge on any atom is 0.333 e. The number of ether oxygens (including phenoxy) is 2. The van der Waals surface area contributed by atoms with E-state index in [0.29, 0.717) is 27.4 Å². The van der Waals surface area contributed by atoms with Crippen molar-refractivity contribution >= 4 is 52.9 Å². The Balaban J connectivity index is 2.42. The summed E-state index contributed by atoms with van der Waals surface area (Å²) in [6.45, 7) is 1.34. The van der Waals surface area contributed by atoms with E-state index in [1.54, 1.807) is 49.3 Å². The van der Waals surface area contributed by atoms with Gasteiger partial charge in [-0.1, -0.05) is 17.7 Å². The number of fused-ring (bicyclic) bond motifs is 1. The molecule has 0 saturated carbocycles. The second-order valence-electron chi connectivity index (χ2n) is 8.74. The summed E-state index contributed by atoms with van der Waals surface area (Å²) < 4.78 is 12.2. The van der Waals surface area contributed by atoms with E-state index in [2.05, 4.69) is 0 Å². The van der Waals surface area contributed by atoms with Crippen molar-refractivity contribution in [3.8, 4) is 5.75 Å². The van der Waals surface area contributed by atoms with Crippen molar-refractivity contribution in [1.29, 1.82) is 0 Å². The third-order valence-electron chi connectivity index (χ3n) is 5.95. The highest BCUT2D eigenvalue weighted by molar-refractivity contribution is 8.00. The topological polar surface area (TPSA) is 134 Å². The third-order valence-corrected chi connectivity index (χ3v) is 7.32. The van der Waals surface area contributed by atoms with E-state index in [1.165, 1.54) is 23.5 Å². The maximum atomic E-state index is 14.6. The summed E-state index contributed by atoms with van der Waals surface area (Å²) >= 11 is 7.34. The Morgan fingerprint density at radius 1 is 1.16 bits per heavy atom. The van der Waals surface area contributed by atoms with Gasteiger partial charge >= 0.3 is 17.9 Å². The number of ketones is 1. The van der Waals surface area contributed by atoms with Crippen molar-refractivity contribution in [3.05, 3.63) is 64.7 Å². The predicted molar refractivity (Wildman–Crippen MR) is 142 cm³/mol. The molecule has 2 unspecified atom stereocenters. The van der Waals surface area contributed by atoms with Crippen LogP contribution in [0.25, 0.3) is 0 Å². The number of esters is 1. The molecule has 0 amide bonds. The van der Waals surface area contributed by atoms with Gasteiger partial charge in [-0.15, -0.1) is 0 Å². The van der Waals surface area contributed by atoms with Crippen LogP contribution in [0.15, 0.2) is 59.0 Å². The molecular weight excluding hydrogens is 536 g/mol. The summed E-state index contributed by atoms with van der Waals surface area (Å²) in [5.41, 5.74) is -1.98. The van der Waals surface area contributed by atoms with Crippen molar-refractivity contribution in [2.75, 3.05) is 32.1 Å². The molecule has 2 N–H and O–H groups in total. The standard InChI is InChI=1S/C26H27ClN2O8S/c1-15(30)37-24-23(33)26(11-12-28(2)3,20(25(34)35)14-22(31)32)19-10-5-16(27)13-21(19)38-29(24)17-6-8-18(36-4)9-7-17/h5-10,13-14,24H,11-12H2,1-4H3,(H,31,32)(H,34,35)/b20-14-. The fourth-order valence-corrected chi connectivity index (χ4v) is 5.69. The Bertz CT molecular complexity index is 1280. The van der Waals surface area contributed by atoms with E-state index >= 15 is 0 Å². The quantitative estimate of drug-likeness (QED) is 0.263. The molecule has 202 valence electrons. The normalized spacial score (nSPS) is 19.5. The van der Waals surface area contributed by atoms with Gasteiger partial charge in [0.25, 0.3) is 0 Å². The van der Waals surface area contributed by atoms with E-state index in [0.717, 1.165) is 18.9 Å². The molecule has 2 aromatic rings. The smallest absolute Gasteiger partial charge is 0.333 e. The zero-order chi connectivity index (χ0) is 28.2. The first-order valence-corrected chi connectivity index (χ1v) is 12.5. The monoisotopic (exact) mass is 562 g/mol. The average molecular weight is 563 g/mol. The van der Waals surface area contributed by atoms with Crippen LogP contribution >= 0.6 is 23.5 Å². The lowest BCUT2D eigenvalue weighted by Crippen LogP contribution is -2.52. The number of carbonyl (C=O) groups is 4. The summed E-state index contributed by atoms with van der Waals surface area (Å²) in [7, 11) is 4.97. The minimum absolute atomic E-state index is 0.117. The van der Waals surface area contributed by atoms with Crippen molar-refractivity contribution in [3.63, 3.8) is 0 Å². The molecule has 0 radical (unpaired) electrons. The number of carboxylic acids is 2. The second kappa shape index (κ2) is 11.9. The summed E-state index contributed by atoms with van der Waals surface area (Å²) in [6.07, 6.45) is -1.21. The largest absolute Gasteiger partial charge is 0.497 e.